The molecule has 4 heterocycles. The van der Waals surface area contributed by atoms with Crippen LogP contribution in [0.25, 0.3) is 11.5 Å². The average Bonchev–Trinajstić information content (AvgIpc) is 3.20. The summed E-state index contributed by atoms with van der Waals surface area (Å²) < 4.78 is 18.2. The lowest BCUT2D eigenvalue weighted by Gasteiger charge is -2.28. The zero-order valence-electron chi connectivity index (χ0n) is 14.0. The molecule has 3 aliphatic heterocycles. The molecule has 3 N–H and O–H groups in total. The third-order valence-corrected chi connectivity index (χ3v) is 5.71. The third-order valence-electron chi connectivity index (χ3n) is 5.39. The second kappa shape index (κ2) is 5.92. The van der Waals surface area contributed by atoms with Crippen LogP contribution in [0.5, 0.6) is 11.5 Å². The number of nitrogens with one attached hydrogen (secondary N) is 1. The molecule has 2 saturated heterocycles. The fourth-order valence-electron chi connectivity index (χ4n) is 4.21. The highest BCUT2D eigenvalue weighted by Crippen LogP contribution is 2.47. The summed E-state index contributed by atoms with van der Waals surface area (Å²) in [6.45, 7) is 0.761. The molecule has 1 aromatic heterocycles. The van der Waals surface area contributed by atoms with E-state index in [1.54, 1.807) is 6.07 Å². The van der Waals surface area contributed by atoms with Crippen molar-refractivity contribution in [3.63, 3.8) is 0 Å². The number of anilines is 1. The Morgan fingerprint density at radius 2 is 1.88 bits per heavy atom. The van der Waals surface area contributed by atoms with Gasteiger partial charge in [0, 0.05) is 12.1 Å². The van der Waals surface area contributed by atoms with Crippen molar-refractivity contribution in [3.8, 4) is 23.0 Å². The summed E-state index contributed by atoms with van der Waals surface area (Å²) in [5.74, 6) is 0.488. The summed E-state index contributed by atoms with van der Waals surface area (Å²) in [4.78, 5) is 12.4. The van der Waals surface area contributed by atoms with E-state index in [0.717, 1.165) is 25.7 Å². The molecule has 138 valence electrons. The van der Waals surface area contributed by atoms with E-state index >= 15 is 0 Å². The van der Waals surface area contributed by atoms with Gasteiger partial charge in [-0.15, -0.1) is 5.10 Å². The SMILES string of the molecule is Nc1c(Cl)cc(-c2nn(C3CC4CCC(C3)N4)c(=O)o2)c2c1OCCO2. The molecule has 2 aromatic rings. The maximum atomic E-state index is 12.4. The smallest absolute Gasteiger partial charge is 0.437 e. The number of nitrogens with zero attached hydrogens (tertiary/aromatic N) is 2. The van der Waals surface area contributed by atoms with Crippen molar-refractivity contribution in [1.29, 1.82) is 0 Å². The average molecular weight is 379 g/mol. The quantitative estimate of drug-likeness (QED) is 0.769. The van der Waals surface area contributed by atoms with Gasteiger partial charge < -0.3 is 24.9 Å². The molecule has 2 atom stereocenters. The Morgan fingerprint density at radius 3 is 2.62 bits per heavy atom. The number of ether oxygens (including phenoxy) is 2. The fourth-order valence-corrected chi connectivity index (χ4v) is 4.41. The van der Waals surface area contributed by atoms with E-state index < -0.39 is 5.76 Å². The molecule has 5 rings (SSSR count). The molecule has 0 spiro atoms. The van der Waals surface area contributed by atoms with Gasteiger partial charge in [0.15, 0.2) is 11.5 Å². The van der Waals surface area contributed by atoms with Crippen LogP contribution in [0.15, 0.2) is 15.3 Å². The fraction of sp³-hybridized carbons (Fsp3) is 0.529. The number of benzene rings is 1. The largest absolute Gasteiger partial charge is 0.485 e. The first-order valence-corrected chi connectivity index (χ1v) is 9.21. The monoisotopic (exact) mass is 378 g/mol. The Labute approximate surface area is 154 Å². The van der Waals surface area contributed by atoms with E-state index in [1.807, 2.05) is 0 Å². The minimum atomic E-state index is -0.468. The van der Waals surface area contributed by atoms with Crippen molar-refractivity contribution in [1.82, 2.24) is 15.1 Å². The number of piperidine rings is 1. The molecule has 26 heavy (non-hydrogen) atoms. The topological polar surface area (TPSA) is 105 Å². The summed E-state index contributed by atoms with van der Waals surface area (Å²) >= 11 is 6.22. The van der Waals surface area contributed by atoms with Crippen LogP contribution in [0.4, 0.5) is 5.69 Å². The number of rotatable bonds is 2. The van der Waals surface area contributed by atoms with Gasteiger partial charge in [0.25, 0.3) is 5.89 Å². The van der Waals surface area contributed by atoms with Gasteiger partial charge in [-0.25, -0.2) is 4.79 Å². The maximum Gasteiger partial charge on any atom is 0.437 e. The van der Waals surface area contributed by atoms with Crippen molar-refractivity contribution in [3.05, 3.63) is 21.6 Å². The molecule has 0 aliphatic carbocycles. The molecule has 2 bridgehead atoms. The number of aromatic nitrogens is 2. The molecule has 3 aliphatic rings. The van der Waals surface area contributed by atoms with Gasteiger partial charge >= 0.3 is 5.76 Å². The number of halogens is 1. The van der Waals surface area contributed by atoms with Gasteiger partial charge in [-0.2, -0.15) is 4.68 Å². The molecule has 0 amide bonds. The number of nitrogen functional groups attached to an aromatic ring is 1. The van der Waals surface area contributed by atoms with E-state index in [-0.39, 0.29) is 11.9 Å². The minimum absolute atomic E-state index is 0.0380. The van der Waals surface area contributed by atoms with Gasteiger partial charge in [0.05, 0.1) is 22.3 Å². The predicted molar refractivity (Wildman–Crippen MR) is 94.8 cm³/mol. The van der Waals surface area contributed by atoms with Crippen molar-refractivity contribution in [2.24, 2.45) is 0 Å². The second-order valence-electron chi connectivity index (χ2n) is 7.06. The van der Waals surface area contributed by atoms with Crippen LogP contribution in [0, 0.1) is 0 Å². The number of hydrogen-bond donors (Lipinski definition) is 2. The van der Waals surface area contributed by atoms with Gasteiger partial charge in [-0.1, -0.05) is 11.6 Å². The zero-order chi connectivity index (χ0) is 17.8. The number of hydrogen-bond acceptors (Lipinski definition) is 7. The molecule has 2 fully saturated rings. The highest BCUT2D eigenvalue weighted by molar-refractivity contribution is 6.34. The Hall–Kier alpha value is -2.19. The van der Waals surface area contributed by atoms with Crippen molar-refractivity contribution in [2.75, 3.05) is 18.9 Å². The van der Waals surface area contributed by atoms with E-state index in [4.69, 9.17) is 31.2 Å². The molecular formula is C17H19ClN4O4. The van der Waals surface area contributed by atoms with Crippen LogP contribution in [-0.4, -0.2) is 35.1 Å². The van der Waals surface area contributed by atoms with Gasteiger partial charge in [-0.3, -0.25) is 0 Å². The second-order valence-corrected chi connectivity index (χ2v) is 7.46. The van der Waals surface area contributed by atoms with Crippen molar-refractivity contribution < 1.29 is 13.9 Å². The first-order chi connectivity index (χ1) is 12.6. The lowest BCUT2D eigenvalue weighted by atomic mass is 10.0. The van der Waals surface area contributed by atoms with Crippen LogP contribution >= 0.6 is 11.6 Å². The minimum Gasteiger partial charge on any atom is -0.485 e. The molecule has 1 aromatic carbocycles. The van der Waals surface area contributed by atoms with Gasteiger partial charge in [-0.05, 0) is 31.7 Å². The highest BCUT2D eigenvalue weighted by atomic mass is 35.5. The Morgan fingerprint density at radius 1 is 1.19 bits per heavy atom. The lowest BCUT2D eigenvalue weighted by molar-refractivity contribution is 0.173. The van der Waals surface area contributed by atoms with Crippen molar-refractivity contribution in [2.45, 2.75) is 43.8 Å². The van der Waals surface area contributed by atoms with Crippen LogP contribution in [-0.2, 0) is 0 Å². The van der Waals surface area contributed by atoms with Gasteiger partial charge in [0.1, 0.15) is 13.2 Å². The van der Waals surface area contributed by atoms with E-state index in [0.29, 0.717) is 53.1 Å². The summed E-state index contributed by atoms with van der Waals surface area (Å²) in [6, 6.07) is 2.53. The van der Waals surface area contributed by atoms with E-state index in [2.05, 4.69) is 10.4 Å². The summed E-state index contributed by atoms with van der Waals surface area (Å²) in [6.07, 6.45) is 4.05. The third kappa shape index (κ3) is 2.47. The van der Waals surface area contributed by atoms with Crippen LogP contribution in [0.2, 0.25) is 5.02 Å². The Bertz CT molecular complexity index is 912. The standard InChI is InChI=1S/C17H19ClN4O4/c18-12-7-11(14-15(13(12)19)25-4-3-24-14)16-21-22(17(23)26-16)10-5-8-1-2-9(6-10)20-8/h7-10,20H,1-6,19H2. The van der Waals surface area contributed by atoms with E-state index in [1.165, 1.54) is 4.68 Å². The maximum absolute atomic E-state index is 12.4. The van der Waals surface area contributed by atoms with E-state index in [9.17, 15) is 4.79 Å². The molecule has 2 unspecified atom stereocenters. The predicted octanol–water partition coefficient (Wildman–Crippen LogP) is 1.97. The lowest BCUT2D eigenvalue weighted by Crippen LogP contribution is -2.41. The number of nitrogens with two attached hydrogens (primary N) is 1. The number of fused-ring (bicyclic) bond motifs is 3. The Kier molecular flexibility index (Phi) is 3.65. The summed E-state index contributed by atoms with van der Waals surface area (Å²) in [5.41, 5.74) is 6.76. The van der Waals surface area contributed by atoms with Crippen LogP contribution < -0.4 is 26.3 Å². The molecule has 9 heteroatoms. The molecule has 0 radical (unpaired) electrons. The first kappa shape index (κ1) is 16.0. The summed E-state index contributed by atoms with van der Waals surface area (Å²) in [5, 5.41) is 8.32. The molecular weight excluding hydrogens is 360 g/mol. The van der Waals surface area contributed by atoms with Crippen LogP contribution in [0.3, 0.4) is 0 Å². The normalized spacial score (nSPS) is 26.9. The Balaban J connectivity index is 1.56. The molecule has 8 nitrogen and oxygen atoms in total. The first-order valence-electron chi connectivity index (χ1n) is 8.84. The van der Waals surface area contributed by atoms with Gasteiger partial charge in [0.2, 0.25) is 0 Å². The summed E-state index contributed by atoms with van der Waals surface area (Å²) in [7, 11) is 0. The van der Waals surface area contributed by atoms with Crippen molar-refractivity contribution >= 4 is 17.3 Å². The molecule has 0 saturated carbocycles. The van der Waals surface area contributed by atoms with Crippen LogP contribution in [0.1, 0.15) is 31.7 Å². The highest BCUT2D eigenvalue weighted by Gasteiger charge is 2.36. The zero-order valence-corrected chi connectivity index (χ0v) is 14.8.